The molecule has 4 nitrogen and oxygen atoms in total. The highest BCUT2D eigenvalue weighted by molar-refractivity contribution is 7.11. The van der Waals surface area contributed by atoms with Crippen LogP contribution < -0.4 is 9.47 Å². The fraction of sp³-hybridized carbons (Fsp3) is 0.143. The zero-order valence-electron chi connectivity index (χ0n) is 14.9. The van der Waals surface area contributed by atoms with Crippen LogP contribution in [0.15, 0.2) is 47.8 Å². The van der Waals surface area contributed by atoms with Gasteiger partial charge in [-0.2, -0.15) is 5.26 Å². The van der Waals surface area contributed by atoms with Gasteiger partial charge in [-0.3, -0.25) is 0 Å². The summed E-state index contributed by atoms with van der Waals surface area (Å²) < 4.78 is 10.9. The molecule has 0 bridgehead atoms. The maximum absolute atomic E-state index is 9.61. The Labute approximate surface area is 167 Å². The van der Waals surface area contributed by atoms with E-state index in [0.29, 0.717) is 33.7 Å². The van der Waals surface area contributed by atoms with Crippen molar-refractivity contribution in [3.8, 4) is 28.8 Å². The van der Waals surface area contributed by atoms with Gasteiger partial charge >= 0.3 is 0 Å². The number of benzene rings is 2. The van der Waals surface area contributed by atoms with Crippen LogP contribution in [0.2, 0.25) is 5.02 Å². The molecule has 0 saturated heterocycles. The number of allylic oxidation sites excluding steroid dienone is 1. The van der Waals surface area contributed by atoms with Crippen molar-refractivity contribution in [2.75, 3.05) is 13.7 Å². The Morgan fingerprint density at radius 1 is 1.22 bits per heavy atom. The molecule has 0 aliphatic carbocycles. The van der Waals surface area contributed by atoms with E-state index in [1.54, 1.807) is 13.2 Å². The third-order valence-electron chi connectivity index (χ3n) is 3.79. The number of nitriles is 1. The van der Waals surface area contributed by atoms with Gasteiger partial charge in [0.05, 0.1) is 25.0 Å². The molecule has 3 rings (SSSR count). The van der Waals surface area contributed by atoms with E-state index in [4.69, 9.17) is 21.1 Å². The van der Waals surface area contributed by atoms with Gasteiger partial charge in [0.15, 0.2) is 11.5 Å². The molecule has 0 aliphatic heterocycles. The number of ether oxygens (including phenoxy) is 2. The lowest BCUT2D eigenvalue weighted by Gasteiger charge is -2.09. The highest BCUT2D eigenvalue weighted by Gasteiger charge is 2.10. The molecule has 6 heteroatoms. The highest BCUT2D eigenvalue weighted by Crippen LogP contribution is 2.31. The van der Waals surface area contributed by atoms with Gasteiger partial charge in [-0.15, -0.1) is 11.3 Å². The summed E-state index contributed by atoms with van der Waals surface area (Å²) in [6, 6.07) is 15.3. The van der Waals surface area contributed by atoms with Gasteiger partial charge in [0.2, 0.25) is 0 Å². The molecule has 0 atom stereocenters. The molecule has 0 fully saturated rings. The van der Waals surface area contributed by atoms with Crippen LogP contribution in [0.4, 0.5) is 0 Å². The van der Waals surface area contributed by atoms with Crippen LogP contribution in [0.25, 0.3) is 22.9 Å². The maximum atomic E-state index is 9.61. The first-order chi connectivity index (χ1) is 13.1. The van der Waals surface area contributed by atoms with Crippen molar-refractivity contribution in [3.05, 3.63) is 63.4 Å². The molecule has 0 aliphatic rings. The topological polar surface area (TPSA) is 55.1 Å². The Morgan fingerprint density at radius 3 is 2.67 bits per heavy atom. The average molecular weight is 397 g/mol. The molecular weight excluding hydrogens is 380 g/mol. The number of hydrogen-bond acceptors (Lipinski definition) is 5. The van der Waals surface area contributed by atoms with Crippen LogP contribution in [0.5, 0.6) is 11.5 Å². The van der Waals surface area contributed by atoms with Crippen molar-refractivity contribution in [1.82, 2.24) is 4.98 Å². The zero-order valence-corrected chi connectivity index (χ0v) is 16.5. The summed E-state index contributed by atoms with van der Waals surface area (Å²) in [5, 5.41) is 12.9. The van der Waals surface area contributed by atoms with Crippen LogP contribution in [0, 0.1) is 11.3 Å². The molecule has 27 heavy (non-hydrogen) atoms. The van der Waals surface area contributed by atoms with Gasteiger partial charge in [0, 0.05) is 16.0 Å². The Balaban J connectivity index is 1.92. The van der Waals surface area contributed by atoms with Gasteiger partial charge in [0.25, 0.3) is 0 Å². The van der Waals surface area contributed by atoms with Crippen molar-refractivity contribution >= 4 is 34.6 Å². The lowest BCUT2D eigenvalue weighted by atomic mass is 10.1. The smallest absolute Gasteiger partial charge is 0.161 e. The van der Waals surface area contributed by atoms with Crippen molar-refractivity contribution in [2.45, 2.75) is 6.92 Å². The normalized spacial score (nSPS) is 11.1. The molecule has 0 radical (unpaired) electrons. The molecule has 0 unspecified atom stereocenters. The van der Waals surface area contributed by atoms with Gasteiger partial charge in [-0.05, 0) is 42.8 Å². The average Bonchev–Trinajstić information content (AvgIpc) is 3.17. The van der Waals surface area contributed by atoms with Crippen LogP contribution in [0.1, 0.15) is 17.5 Å². The number of aromatic nitrogens is 1. The van der Waals surface area contributed by atoms with E-state index in [-0.39, 0.29) is 0 Å². The molecule has 0 N–H and O–H groups in total. The summed E-state index contributed by atoms with van der Waals surface area (Å²) in [7, 11) is 1.60. The monoisotopic (exact) mass is 396 g/mol. The van der Waals surface area contributed by atoms with E-state index in [1.165, 1.54) is 11.3 Å². The third kappa shape index (κ3) is 4.48. The van der Waals surface area contributed by atoms with Gasteiger partial charge in [-0.1, -0.05) is 29.8 Å². The second-order valence-electron chi connectivity index (χ2n) is 5.56. The molecule has 1 aromatic heterocycles. The number of rotatable bonds is 6. The predicted molar refractivity (Wildman–Crippen MR) is 110 cm³/mol. The Kier molecular flexibility index (Phi) is 6.12. The molecule has 3 aromatic rings. The molecule has 0 amide bonds. The zero-order chi connectivity index (χ0) is 19.2. The summed E-state index contributed by atoms with van der Waals surface area (Å²) in [5.74, 6) is 1.30. The Bertz CT molecular complexity index is 1000. The van der Waals surface area contributed by atoms with Gasteiger partial charge < -0.3 is 9.47 Å². The molecule has 1 heterocycles. The third-order valence-corrected chi connectivity index (χ3v) is 4.92. The van der Waals surface area contributed by atoms with E-state index < -0.39 is 0 Å². The quantitative estimate of drug-likeness (QED) is 0.484. The second-order valence-corrected chi connectivity index (χ2v) is 6.85. The highest BCUT2D eigenvalue weighted by atomic mass is 35.5. The minimum Gasteiger partial charge on any atom is -0.493 e. The first kappa shape index (κ1) is 19.0. The predicted octanol–water partition coefficient (Wildman–Crippen LogP) is 5.93. The molecule has 0 saturated carbocycles. The van der Waals surface area contributed by atoms with Crippen molar-refractivity contribution in [2.24, 2.45) is 0 Å². The lowest BCUT2D eigenvalue weighted by Crippen LogP contribution is -1.95. The van der Waals surface area contributed by atoms with E-state index >= 15 is 0 Å². The maximum Gasteiger partial charge on any atom is 0.161 e. The Hall–Kier alpha value is -2.81. The minimum absolute atomic E-state index is 0.493. The lowest BCUT2D eigenvalue weighted by molar-refractivity contribution is 0.311. The molecular formula is C21H17ClN2O2S. The first-order valence-electron chi connectivity index (χ1n) is 8.29. The van der Waals surface area contributed by atoms with Crippen LogP contribution in [-0.4, -0.2) is 18.7 Å². The number of nitrogens with zero attached hydrogens (tertiary/aromatic N) is 2. The largest absolute Gasteiger partial charge is 0.493 e. The Morgan fingerprint density at radius 2 is 2.00 bits per heavy atom. The fourth-order valence-corrected chi connectivity index (χ4v) is 3.43. The number of thiazole rings is 1. The molecule has 2 aromatic carbocycles. The van der Waals surface area contributed by atoms with Crippen LogP contribution in [-0.2, 0) is 0 Å². The summed E-state index contributed by atoms with van der Waals surface area (Å²) >= 11 is 7.37. The van der Waals surface area contributed by atoms with Gasteiger partial charge in [0.1, 0.15) is 11.1 Å². The van der Waals surface area contributed by atoms with Crippen LogP contribution >= 0.6 is 22.9 Å². The van der Waals surface area contributed by atoms with E-state index in [2.05, 4.69) is 11.1 Å². The number of halogens is 1. The molecule has 0 spiro atoms. The summed E-state index contributed by atoms with van der Waals surface area (Å²) in [4.78, 5) is 4.60. The summed E-state index contributed by atoms with van der Waals surface area (Å²) in [5.41, 5.74) is 3.12. The fourth-order valence-electron chi connectivity index (χ4n) is 2.51. The van der Waals surface area contributed by atoms with Crippen LogP contribution in [0.3, 0.4) is 0 Å². The first-order valence-corrected chi connectivity index (χ1v) is 9.54. The second kappa shape index (κ2) is 8.72. The van der Waals surface area contributed by atoms with Crippen molar-refractivity contribution < 1.29 is 9.47 Å². The standard InChI is InChI=1S/C21H17ClN2O2S/c1-3-26-20-11-14(4-9-19(20)25-2)10-16(12-23)21-24-18(13-27-21)15-5-7-17(22)8-6-15/h4-11,13H,3H2,1-2H3/b16-10+. The number of hydrogen-bond donors (Lipinski definition) is 0. The summed E-state index contributed by atoms with van der Waals surface area (Å²) in [6.07, 6.45) is 1.80. The van der Waals surface area contributed by atoms with E-state index in [0.717, 1.165) is 16.8 Å². The van der Waals surface area contributed by atoms with E-state index in [9.17, 15) is 5.26 Å². The molecule has 136 valence electrons. The van der Waals surface area contributed by atoms with Gasteiger partial charge in [-0.25, -0.2) is 4.98 Å². The van der Waals surface area contributed by atoms with Crippen molar-refractivity contribution in [3.63, 3.8) is 0 Å². The summed E-state index contributed by atoms with van der Waals surface area (Å²) in [6.45, 7) is 2.45. The van der Waals surface area contributed by atoms with Crippen molar-refractivity contribution in [1.29, 1.82) is 5.26 Å². The SMILES string of the molecule is CCOc1cc(/C=C(\C#N)c2nc(-c3ccc(Cl)cc3)cs2)ccc1OC. The number of methoxy groups -OCH3 is 1. The minimum atomic E-state index is 0.493. The van der Waals surface area contributed by atoms with E-state index in [1.807, 2.05) is 54.8 Å².